The molecule has 156 valence electrons. The largest absolute Gasteiger partial charge is 0.492 e. The normalized spacial score (nSPS) is 15.9. The Bertz CT molecular complexity index is 829. The molecule has 1 aliphatic rings. The van der Waals surface area contributed by atoms with E-state index < -0.39 is 10.8 Å². The maximum atomic E-state index is 11.9. The van der Waals surface area contributed by atoms with Gasteiger partial charge in [-0.3, -0.25) is 9.19 Å². The Morgan fingerprint density at radius 3 is 2.41 bits per heavy atom. The molecule has 0 spiro atoms. The highest BCUT2D eigenvalue weighted by Gasteiger charge is 2.24. The Balaban J connectivity index is 1.47. The first-order valence-corrected chi connectivity index (χ1v) is 11.5. The second-order valence-corrected chi connectivity index (χ2v) is 8.91. The van der Waals surface area contributed by atoms with Gasteiger partial charge in [-0.2, -0.15) is 0 Å². The van der Waals surface area contributed by atoms with Crippen LogP contribution in [-0.2, 0) is 15.5 Å². The maximum absolute atomic E-state index is 11.9. The van der Waals surface area contributed by atoms with Gasteiger partial charge in [-0.05, 0) is 56.9 Å². The Hall–Kier alpha value is -2.41. The lowest BCUT2D eigenvalue weighted by Crippen LogP contribution is -2.40. The molecule has 1 fully saturated rings. The van der Waals surface area contributed by atoms with Crippen molar-refractivity contribution >= 4 is 16.9 Å². The first-order chi connectivity index (χ1) is 13.9. The maximum Gasteiger partial charge on any atom is 0.410 e. The zero-order valence-electron chi connectivity index (χ0n) is 17.2. The molecule has 29 heavy (non-hydrogen) atoms. The van der Waals surface area contributed by atoms with Crippen LogP contribution in [0.2, 0.25) is 0 Å². The van der Waals surface area contributed by atoms with E-state index >= 15 is 0 Å². The van der Waals surface area contributed by atoms with Crippen LogP contribution in [0.15, 0.2) is 47.5 Å². The van der Waals surface area contributed by atoms with Gasteiger partial charge in [0.1, 0.15) is 5.75 Å². The summed E-state index contributed by atoms with van der Waals surface area (Å²) in [6, 6.07) is 11.4. The highest BCUT2D eigenvalue weighted by molar-refractivity contribution is 7.84. The number of hydrogen-bond donors (Lipinski definition) is 0. The second kappa shape index (κ2) is 9.87. The van der Waals surface area contributed by atoms with Crippen LogP contribution in [0.5, 0.6) is 5.75 Å². The van der Waals surface area contributed by atoms with Crippen LogP contribution in [0.4, 0.5) is 4.79 Å². The summed E-state index contributed by atoms with van der Waals surface area (Å²) in [4.78, 5) is 19.0. The molecule has 1 atom stereocenters. The molecule has 1 amide bonds. The number of nitrogens with zero attached hydrogens (tertiary/aromatic N) is 2. The van der Waals surface area contributed by atoms with Crippen LogP contribution < -0.4 is 4.74 Å². The number of ether oxygens (including phenoxy) is 2. The average Bonchev–Trinajstić information content (AvgIpc) is 2.72. The van der Waals surface area contributed by atoms with Gasteiger partial charge in [0.15, 0.2) is 0 Å². The minimum atomic E-state index is -0.980. The number of pyridine rings is 1. The molecule has 7 heteroatoms. The van der Waals surface area contributed by atoms with Gasteiger partial charge >= 0.3 is 6.09 Å². The van der Waals surface area contributed by atoms with Crippen LogP contribution in [0, 0.1) is 5.92 Å². The monoisotopic (exact) mass is 416 g/mol. The first kappa shape index (κ1) is 21.3. The third kappa shape index (κ3) is 6.03. The Labute approximate surface area is 174 Å². The summed E-state index contributed by atoms with van der Waals surface area (Å²) in [5, 5.41) is 0. The van der Waals surface area contributed by atoms with Gasteiger partial charge in [-0.25, -0.2) is 4.79 Å². The number of rotatable bonds is 6. The molecule has 0 bridgehead atoms. The van der Waals surface area contributed by atoms with Gasteiger partial charge in [0.05, 0.1) is 24.6 Å². The molecule has 2 heterocycles. The number of amides is 1. The summed E-state index contributed by atoms with van der Waals surface area (Å²) >= 11 is 0. The lowest BCUT2D eigenvalue weighted by molar-refractivity contribution is 0.0608. The van der Waals surface area contributed by atoms with Crippen LogP contribution in [0.1, 0.15) is 26.7 Å². The van der Waals surface area contributed by atoms with Gasteiger partial charge in [-0.15, -0.1) is 0 Å². The van der Waals surface area contributed by atoms with Gasteiger partial charge in [-0.1, -0.05) is 12.1 Å². The molecule has 6 nitrogen and oxygen atoms in total. The van der Waals surface area contributed by atoms with E-state index in [0.717, 1.165) is 34.7 Å². The van der Waals surface area contributed by atoms with Gasteiger partial charge < -0.3 is 14.4 Å². The highest BCUT2D eigenvalue weighted by atomic mass is 32.2. The molecular formula is C22H28N2O4S. The van der Waals surface area contributed by atoms with Gasteiger partial charge in [0.25, 0.3) is 0 Å². The number of carbonyl (C=O) groups excluding carboxylic acids is 1. The van der Waals surface area contributed by atoms with Crippen molar-refractivity contribution in [3.63, 3.8) is 0 Å². The topological polar surface area (TPSA) is 68.7 Å². The van der Waals surface area contributed by atoms with Crippen molar-refractivity contribution < 1.29 is 18.5 Å². The second-order valence-electron chi connectivity index (χ2n) is 7.53. The minimum absolute atomic E-state index is 0.0902. The molecule has 1 aliphatic heterocycles. The van der Waals surface area contributed by atoms with Crippen LogP contribution >= 0.6 is 0 Å². The lowest BCUT2D eigenvalue weighted by Gasteiger charge is -2.31. The van der Waals surface area contributed by atoms with E-state index in [0.29, 0.717) is 25.6 Å². The zero-order chi connectivity index (χ0) is 20.8. The van der Waals surface area contributed by atoms with Gasteiger partial charge in [0, 0.05) is 40.6 Å². The van der Waals surface area contributed by atoms with Crippen molar-refractivity contribution in [3.8, 4) is 17.0 Å². The molecule has 1 aromatic carbocycles. The fourth-order valence-electron chi connectivity index (χ4n) is 3.23. The first-order valence-electron chi connectivity index (χ1n) is 9.90. The van der Waals surface area contributed by atoms with E-state index in [-0.39, 0.29) is 12.2 Å². The predicted molar refractivity (Wildman–Crippen MR) is 113 cm³/mol. The smallest absolute Gasteiger partial charge is 0.410 e. The molecule has 0 radical (unpaired) electrons. The van der Waals surface area contributed by atoms with Crippen LogP contribution in [-0.4, -0.2) is 52.2 Å². The molecule has 2 aromatic rings. The molecule has 3 rings (SSSR count). The van der Waals surface area contributed by atoms with E-state index in [2.05, 4.69) is 4.98 Å². The predicted octanol–water partition coefficient (Wildman–Crippen LogP) is 4.12. The number of aromatic nitrogens is 1. The van der Waals surface area contributed by atoms with Crippen molar-refractivity contribution in [3.05, 3.63) is 42.6 Å². The third-order valence-electron chi connectivity index (χ3n) is 4.91. The van der Waals surface area contributed by atoms with Crippen molar-refractivity contribution in [2.75, 3.05) is 26.0 Å². The minimum Gasteiger partial charge on any atom is -0.492 e. The Morgan fingerprint density at radius 2 is 1.86 bits per heavy atom. The number of piperidine rings is 1. The summed E-state index contributed by atoms with van der Waals surface area (Å²) in [6.07, 6.45) is 4.90. The molecule has 0 aliphatic carbocycles. The van der Waals surface area contributed by atoms with E-state index in [9.17, 15) is 9.00 Å². The van der Waals surface area contributed by atoms with E-state index in [1.807, 2.05) is 50.2 Å². The number of likely N-dealkylation sites (tertiary alicyclic amines) is 1. The van der Waals surface area contributed by atoms with E-state index in [4.69, 9.17) is 9.47 Å². The van der Waals surface area contributed by atoms with Crippen molar-refractivity contribution in [1.82, 2.24) is 9.88 Å². The third-order valence-corrected chi connectivity index (χ3v) is 5.85. The lowest BCUT2D eigenvalue weighted by atomic mass is 9.98. The van der Waals surface area contributed by atoms with Crippen LogP contribution in [0.3, 0.4) is 0 Å². The summed E-state index contributed by atoms with van der Waals surface area (Å²) < 4.78 is 22.6. The molecular weight excluding hydrogens is 388 g/mol. The summed E-state index contributed by atoms with van der Waals surface area (Å²) in [5.74, 6) is 1.15. The SMILES string of the molecule is CC(C)OC(=O)N1CCC(COc2ccc(-c3ccc(S(C)=O)cc3)nc2)CC1. The van der Waals surface area contributed by atoms with E-state index in [1.165, 1.54) is 0 Å². The quantitative estimate of drug-likeness (QED) is 0.708. The molecule has 0 saturated carbocycles. The van der Waals surface area contributed by atoms with Crippen LogP contribution in [0.25, 0.3) is 11.3 Å². The van der Waals surface area contributed by atoms with Crippen molar-refractivity contribution in [2.24, 2.45) is 5.92 Å². The fourth-order valence-corrected chi connectivity index (χ4v) is 3.75. The number of hydrogen-bond acceptors (Lipinski definition) is 5. The standard InChI is InChI=1S/C22H28N2O4S/c1-16(2)28-22(25)24-12-10-17(11-13-24)15-27-19-6-9-21(23-14-19)18-4-7-20(8-5-18)29(3)26/h4-9,14,16-17H,10-13,15H2,1-3H3. The molecule has 0 N–H and O–H groups in total. The Kier molecular flexibility index (Phi) is 7.25. The zero-order valence-corrected chi connectivity index (χ0v) is 18.0. The number of carbonyl (C=O) groups is 1. The summed E-state index contributed by atoms with van der Waals surface area (Å²) in [5.41, 5.74) is 1.83. The van der Waals surface area contributed by atoms with Crippen molar-refractivity contribution in [1.29, 1.82) is 0 Å². The average molecular weight is 417 g/mol. The number of benzene rings is 1. The highest BCUT2D eigenvalue weighted by Crippen LogP contribution is 2.23. The molecule has 1 aromatic heterocycles. The van der Waals surface area contributed by atoms with E-state index in [1.54, 1.807) is 17.4 Å². The van der Waals surface area contributed by atoms with Crippen molar-refractivity contribution in [2.45, 2.75) is 37.7 Å². The molecule has 1 saturated heterocycles. The van der Waals surface area contributed by atoms with Gasteiger partial charge in [0.2, 0.25) is 0 Å². The Morgan fingerprint density at radius 1 is 1.17 bits per heavy atom. The molecule has 1 unspecified atom stereocenters. The summed E-state index contributed by atoms with van der Waals surface area (Å²) in [6.45, 7) is 5.75. The summed E-state index contributed by atoms with van der Waals surface area (Å²) in [7, 11) is -0.980. The fraction of sp³-hybridized carbons (Fsp3) is 0.455.